The van der Waals surface area contributed by atoms with Crippen LogP contribution in [0.25, 0.3) is 0 Å². The Balaban J connectivity index is -0.0000000536. The topological polar surface area (TPSA) is 241 Å². The summed E-state index contributed by atoms with van der Waals surface area (Å²) >= 11 is 0. The Bertz CT molecular complexity index is 281. The molecule has 0 unspecified atom stereocenters. The molecule has 0 rings (SSSR count). The smallest absolute Gasteiger partial charge is 0.543 e. The zero-order valence-corrected chi connectivity index (χ0v) is 11.8. The molecule has 20 heavy (non-hydrogen) atoms. The normalized spacial score (nSPS) is 6.60. The maximum Gasteiger partial charge on any atom is 3.00 e. The molecule has 0 saturated heterocycles. The van der Waals surface area contributed by atoms with Gasteiger partial charge in [0.25, 0.3) is 0 Å². The zero-order valence-electron chi connectivity index (χ0n) is 8.57. The summed E-state index contributed by atoms with van der Waals surface area (Å²) in [7, 11) is 0. The molecule has 0 aliphatic carbocycles. The van der Waals surface area contributed by atoms with Gasteiger partial charge in [0.2, 0.25) is 0 Å². The van der Waals surface area contributed by atoms with Crippen LogP contribution in [0.5, 0.6) is 0 Å². The van der Waals surface area contributed by atoms with Crippen molar-refractivity contribution in [2.75, 3.05) is 0 Å². The molecule has 0 amide bonds. The standard InChI is InChI=1S/3C2H2O4.2Rh/c3*3-1(4)2(5)6;;/h3*(H,3,4)(H,5,6);;/q;;;2*+3/p-6. The molecule has 0 bridgehead atoms. The minimum absolute atomic E-state index is 0. The fraction of sp³-hybridized carbons (Fsp3) is 0. The van der Waals surface area contributed by atoms with Crippen molar-refractivity contribution in [2.24, 2.45) is 0 Å². The molecule has 0 aliphatic heterocycles. The van der Waals surface area contributed by atoms with Gasteiger partial charge in [-0.25, -0.2) is 0 Å². The molecule has 0 N–H and O–H groups in total. The van der Waals surface area contributed by atoms with E-state index in [-0.39, 0.29) is 39.0 Å². The van der Waals surface area contributed by atoms with Crippen molar-refractivity contribution >= 4 is 35.8 Å². The van der Waals surface area contributed by atoms with E-state index in [0.717, 1.165) is 0 Å². The van der Waals surface area contributed by atoms with E-state index in [1.54, 1.807) is 0 Å². The van der Waals surface area contributed by atoms with Crippen molar-refractivity contribution in [1.29, 1.82) is 0 Å². The van der Waals surface area contributed by atoms with Gasteiger partial charge < -0.3 is 59.4 Å². The Kier molecular flexibility index (Phi) is 26.3. The van der Waals surface area contributed by atoms with E-state index in [4.69, 9.17) is 59.4 Å². The van der Waals surface area contributed by atoms with E-state index in [1.807, 2.05) is 0 Å². The minimum atomic E-state index is -2.19. The molecule has 0 saturated carbocycles. The summed E-state index contributed by atoms with van der Waals surface area (Å²) in [6.07, 6.45) is 0. The molecule has 0 aromatic rings. The van der Waals surface area contributed by atoms with Gasteiger partial charge in [-0.3, -0.25) is 0 Å². The average Bonchev–Trinajstić information content (AvgIpc) is 2.18. The van der Waals surface area contributed by atoms with Gasteiger partial charge in [-0.1, -0.05) is 0 Å². The van der Waals surface area contributed by atoms with Gasteiger partial charge >= 0.3 is 39.0 Å². The number of carbonyl (C=O) groups excluding carboxylic acids is 6. The number of rotatable bonds is 0. The number of carbonyl (C=O) groups is 6. The Morgan fingerprint density at radius 3 is 0.400 bits per heavy atom. The van der Waals surface area contributed by atoms with Crippen LogP contribution in [0, 0.1) is 0 Å². The maximum absolute atomic E-state index is 8.93. The predicted octanol–water partition coefficient (Wildman–Crippen LogP) is -10.5. The molecular weight excluding hydrogens is 470 g/mol. The van der Waals surface area contributed by atoms with Gasteiger partial charge in [0.1, 0.15) is 0 Å². The van der Waals surface area contributed by atoms with Gasteiger partial charge in [-0.15, -0.1) is 0 Å². The third-order valence-corrected chi connectivity index (χ3v) is 0.500. The molecular formula is C6O12Rh2. The Morgan fingerprint density at radius 2 is 0.400 bits per heavy atom. The average molecular weight is 470 g/mol. The monoisotopic (exact) mass is 470 g/mol. The largest absolute Gasteiger partial charge is 3.00 e. The van der Waals surface area contributed by atoms with E-state index in [2.05, 4.69) is 0 Å². The van der Waals surface area contributed by atoms with Crippen molar-refractivity contribution in [3.63, 3.8) is 0 Å². The minimum Gasteiger partial charge on any atom is -0.543 e. The molecule has 0 atom stereocenters. The van der Waals surface area contributed by atoms with Crippen LogP contribution in [-0.4, -0.2) is 35.8 Å². The zero-order chi connectivity index (χ0) is 15.5. The van der Waals surface area contributed by atoms with Crippen LogP contribution < -0.4 is 30.6 Å². The Labute approximate surface area is 134 Å². The van der Waals surface area contributed by atoms with Crippen LogP contribution >= 0.6 is 0 Å². The van der Waals surface area contributed by atoms with E-state index in [9.17, 15) is 0 Å². The van der Waals surface area contributed by atoms with Gasteiger partial charge in [0, 0.05) is 0 Å². The van der Waals surface area contributed by atoms with Crippen LogP contribution in [0.3, 0.4) is 0 Å². The second kappa shape index (κ2) is 17.1. The van der Waals surface area contributed by atoms with Crippen molar-refractivity contribution in [3.05, 3.63) is 0 Å². The summed E-state index contributed by atoms with van der Waals surface area (Å²) in [4.78, 5) is 53.6. The van der Waals surface area contributed by atoms with Crippen LogP contribution in [0.15, 0.2) is 0 Å². The summed E-state index contributed by atoms with van der Waals surface area (Å²) in [6.45, 7) is 0. The number of hydrogen-bond donors (Lipinski definition) is 0. The summed E-state index contributed by atoms with van der Waals surface area (Å²) in [5.41, 5.74) is 0. The number of aliphatic carboxylic acids is 6. The molecule has 0 heterocycles. The molecule has 0 aromatic heterocycles. The van der Waals surface area contributed by atoms with E-state index in [0.29, 0.717) is 0 Å². The first-order valence-electron chi connectivity index (χ1n) is 3.20. The van der Waals surface area contributed by atoms with Crippen LogP contribution in [0.2, 0.25) is 0 Å². The van der Waals surface area contributed by atoms with E-state index < -0.39 is 35.8 Å². The summed E-state index contributed by atoms with van der Waals surface area (Å²) in [5, 5.41) is 53.6. The van der Waals surface area contributed by atoms with Gasteiger partial charge in [-0.2, -0.15) is 0 Å². The fourth-order valence-electron chi connectivity index (χ4n) is 0. The molecule has 0 fully saturated rings. The van der Waals surface area contributed by atoms with Gasteiger partial charge in [-0.05, 0) is 0 Å². The van der Waals surface area contributed by atoms with Crippen molar-refractivity contribution < 1.29 is 98.4 Å². The number of carboxylic acid groups (broad SMARTS) is 6. The predicted molar refractivity (Wildman–Crippen MR) is 30.0 cm³/mol. The first-order valence-corrected chi connectivity index (χ1v) is 3.20. The SMILES string of the molecule is O=C([O-])C(=O)[O-].O=C([O-])C(=O)[O-].O=C([O-])C(=O)[O-].[Rh+3].[Rh+3]. The molecule has 0 radical (unpaired) electrons. The van der Waals surface area contributed by atoms with Crippen LogP contribution in [0.1, 0.15) is 0 Å². The second-order valence-electron chi connectivity index (χ2n) is 1.72. The summed E-state index contributed by atoms with van der Waals surface area (Å²) in [5.74, 6) is -13.1. The number of carboxylic acids is 6. The van der Waals surface area contributed by atoms with E-state index in [1.165, 1.54) is 0 Å². The molecule has 14 heteroatoms. The van der Waals surface area contributed by atoms with Gasteiger partial charge in [0.05, 0.1) is 35.8 Å². The maximum atomic E-state index is 8.93. The van der Waals surface area contributed by atoms with E-state index >= 15 is 0 Å². The molecule has 12 nitrogen and oxygen atoms in total. The molecule has 0 spiro atoms. The van der Waals surface area contributed by atoms with Crippen molar-refractivity contribution in [1.82, 2.24) is 0 Å². The molecule has 0 aliphatic rings. The third kappa shape index (κ3) is 36.0. The van der Waals surface area contributed by atoms with Crippen LogP contribution in [0.4, 0.5) is 0 Å². The summed E-state index contributed by atoms with van der Waals surface area (Å²) < 4.78 is 0. The third-order valence-electron chi connectivity index (χ3n) is 0.500. The molecule has 114 valence electrons. The Hall–Kier alpha value is -1.93. The Morgan fingerprint density at radius 1 is 0.350 bits per heavy atom. The second-order valence-corrected chi connectivity index (χ2v) is 1.72. The first-order chi connectivity index (χ1) is 7.93. The fourth-order valence-corrected chi connectivity index (χ4v) is 0. The molecule has 0 aromatic carbocycles. The van der Waals surface area contributed by atoms with Crippen molar-refractivity contribution in [2.45, 2.75) is 0 Å². The summed E-state index contributed by atoms with van der Waals surface area (Å²) in [6, 6.07) is 0. The first kappa shape index (κ1) is 30.8. The van der Waals surface area contributed by atoms with Gasteiger partial charge in [0.15, 0.2) is 0 Å². The van der Waals surface area contributed by atoms with Crippen LogP contribution in [-0.2, 0) is 67.7 Å². The van der Waals surface area contributed by atoms with Crippen molar-refractivity contribution in [3.8, 4) is 0 Å². The number of hydrogen-bond acceptors (Lipinski definition) is 12. The quantitative estimate of drug-likeness (QED) is 0.237.